The van der Waals surface area contributed by atoms with Crippen LogP contribution in [0.2, 0.25) is 0 Å². The number of anilines is 2. The summed E-state index contributed by atoms with van der Waals surface area (Å²) >= 11 is 0. The van der Waals surface area contributed by atoms with E-state index >= 15 is 4.79 Å². The summed E-state index contributed by atoms with van der Waals surface area (Å²) in [6.45, 7) is 8.09. The standard InChI is InChI=1S/C40H50N4O7/c1-5-42(6-2)29-18-20-30(21-19-29)43-24-12-8-11-17-32(46)41(4)27(3)35(28-15-9-7-10-16-28)50-39(49)33-31-22-23-40(51-31)34(33)37(47)44(25-13-14-26-45)36(40)38(43)48/h7-10,12,15-16,18-23,27,31,33-36,45H,5-6,11,13-14,17,24-26H2,1-4H3/b12-8-/t27-,31+,33-,34-,35+,36+,40-/m1/s1. The zero-order chi connectivity index (χ0) is 36.3. The summed E-state index contributed by atoms with van der Waals surface area (Å²) in [6.07, 6.45) is 7.43. The molecule has 2 fully saturated rings. The van der Waals surface area contributed by atoms with Gasteiger partial charge in [0.05, 0.1) is 18.1 Å². The number of aliphatic hydroxyl groups is 1. The van der Waals surface area contributed by atoms with Gasteiger partial charge in [-0.15, -0.1) is 0 Å². The minimum Gasteiger partial charge on any atom is -0.455 e. The predicted octanol–water partition coefficient (Wildman–Crippen LogP) is 4.27. The number of esters is 1. The highest BCUT2D eigenvalue weighted by molar-refractivity contribution is 6.05. The van der Waals surface area contributed by atoms with Gasteiger partial charge in [0.1, 0.15) is 23.7 Å². The van der Waals surface area contributed by atoms with Crippen LogP contribution in [0.3, 0.4) is 0 Å². The van der Waals surface area contributed by atoms with Crippen LogP contribution in [0.15, 0.2) is 78.9 Å². The summed E-state index contributed by atoms with van der Waals surface area (Å²) in [6, 6.07) is 15.6. The molecule has 0 saturated carbocycles. The molecule has 4 aliphatic rings. The lowest BCUT2D eigenvalue weighted by Gasteiger charge is -2.36. The first-order valence-electron chi connectivity index (χ1n) is 18.3. The molecular weight excluding hydrogens is 648 g/mol. The molecule has 0 radical (unpaired) electrons. The van der Waals surface area contributed by atoms with Crippen LogP contribution in [0.1, 0.15) is 58.1 Å². The number of fused-ring (bicyclic) bond motifs is 2. The molecule has 3 amide bonds. The van der Waals surface area contributed by atoms with E-state index in [0.29, 0.717) is 24.9 Å². The zero-order valence-corrected chi connectivity index (χ0v) is 30.0. The van der Waals surface area contributed by atoms with E-state index in [4.69, 9.17) is 9.47 Å². The topological polar surface area (TPSA) is 120 Å². The maximum atomic E-state index is 15.0. The predicted molar refractivity (Wildman–Crippen MR) is 194 cm³/mol. The van der Waals surface area contributed by atoms with Crippen LogP contribution in [0.25, 0.3) is 0 Å². The number of carbonyl (C=O) groups excluding carboxylic acids is 4. The largest absolute Gasteiger partial charge is 0.455 e. The number of likely N-dealkylation sites (N-methyl/N-ethyl adjacent to an activating group) is 1. The number of benzene rings is 2. The molecule has 0 aromatic heterocycles. The highest BCUT2D eigenvalue weighted by Gasteiger charge is 2.73. The van der Waals surface area contributed by atoms with Crippen LogP contribution in [0.5, 0.6) is 0 Å². The van der Waals surface area contributed by atoms with Crippen molar-refractivity contribution in [3.63, 3.8) is 0 Å². The third-order valence-electron chi connectivity index (χ3n) is 11.0. The Morgan fingerprint density at radius 2 is 1.67 bits per heavy atom. The molecule has 2 saturated heterocycles. The Balaban J connectivity index is 1.43. The third kappa shape index (κ3) is 6.69. The molecule has 0 unspecified atom stereocenters. The number of nitrogens with zero attached hydrogens (tertiary/aromatic N) is 4. The highest BCUT2D eigenvalue weighted by atomic mass is 16.6. The number of hydrogen-bond donors (Lipinski definition) is 1. The number of carbonyl (C=O) groups is 4. The van der Waals surface area contributed by atoms with Crippen LogP contribution in [0.4, 0.5) is 11.4 Å². The van der Waals surface area contributed by atoms with Gasteiger partial charge in [0.15, 0.2) is 0 Å². The van der Waals surface area contributed by atoms with Crippen LogP contribution >= 0.6 is 0 Å². The molecule has 51 heavy (non-hydrogen) atoms. The Kier molecular flexibility index (Phi) is 11.0. The van der Waals surface area contributed by atoms with E-state index in [1.807, 2.05) is 73.7 Å². The lowest BCUT2D eigenvalue weighted by molar-refractivity contribution is -0.164. The van der Waals surface area contributed by atoms with E-state index in [9.17, 15) is 19.5 Å². The molecule has 11 nitrogen and oxygen atoms in total. The SMILES string of the molecule is CCN(CC)c1ccc(N2C/C=C\CCC(=O)N(C)[C@H](C)[C@@H](c3ccccc3)OC(=O)[C@@H]3[C@@H]4C=C[C@]5(O4)[C@H](C2=O)N(CCCCO)C(=O)[C@@H]35)cc1. The number of allylic oxidation sites excluding steroid dienone is 1. The lowest BCUT2D eigenvalue weighted by Crippen LogP contribution is -2.56. The van der Waals surface area contributed by atoms with Gasteiger partial charge in [-0.25, -0.2) is 0 Å². The molecule has 272 valence electrons. The second kappa shape index (κ2) is 15.4. The molecule has 2 aromatic rings. The minimum atomic E-state index is -1.38. The molecule has 2 aromatic carbocycles. The molecule has 1 spiro atoms. The Hall–Kier alpha value is -4.48. The van der Waals surface area contributed by atoms with E-state index < -0.39 is 47.7 Å². The van der Waals surface area contributed by atoms with Crippen molar-refractivity contribution in [2.24, 2.45) is 11.8 Å². The maximum Gasteiger partial charge on any atom is 0.313 e. The van der Waals surface area contributed by atoms with E-state index in [0.717, 1.165) is 24.3 Å². The number of unbranched alkanes of at least 4 members (excludes halogenated alkanes) is 1. The first-order valence-corrected chi connectivity index (χ1v) is 18.3. The average Bonchev–Trinajstić information content (AvgIpc) is 3.79. The number of amides is 3. The zero-order valence-electron chi connectivity index (χ0n) is 30.0. The van der Waals surface area contributed by atoms with Gasteiger partial charge in [-0.05, 0) is 69.9 Å². The molecule has 1 N–H and O–H groups in total. The number of rotatable bonds is 9. The van der Waals surface area contributed by atoms with Crippen molar-refractivity contribution < 1.29 is 33.8 Å². The normalized spacial score (nSPS) is 30.2. The second-order valence-corrected chi connectivity index (χ2v) is 13.8. The third-order valence-corrected chi connectivity index (χ3v) is 11.0. The van der Waals surface area contributed by atoms with E-state index in [1.54, 1.807) is 33.9 Å². The van der Waals surface area contributed by atoms with Crippen molar-refractivity contribution in [1.29, 1.82) is 0 Å². The van der Waals surface area contributed by atoms with Gasteiger partial charge >= 0.3 is 5.97 Å². The minimum absolute atomic E-state index is 0.0472. The first-order chi connectivity index (χ1) is 24.7. The Labute approximate surface area is 300 Å². The summed E-state index contributed by atoms with van der Waals surface area (Å²) in [5, 5.41) is 9.59. The van der Waals surface area contributed by atoms with E-state index in [2.05, 4.69) is 18.7 Å². The molecule has 4 heterocycles. The molecule has 0 aliphatic carbocycles. The van der Waals surface area contributed by atoms with Gasteiger partial charge in [0.2, 0.25) is 11.8 Å². The Morgan fingerprint density at radius 3 is 2.35 bits per heavy atom. The van der Waals surface area contributed by atoms with Gasteiger partial charge in [0, 0.05) is 57.6 Å². The van der Waals surface area contributed by atoms with Crippen molar-refractivity contribution >= 4 is 35.1 Å². The second-order valence-electron chi connectivity index (χ2n) is 13.8. The molecular formula is C40H50N4O7. The van der Waals surface area contributed by atoms with Crippen molar-refractivity contribution in [2.75, 3.05) is 49.6 Å². The molecule has 11 heteroatoms. The van der Waals surface area contributed by atoms with Crippen molar-refractivity contribution in [3.05, 3.63) is 84.5 Å². The number of ether oxygens (including phenoxy) is 2. The quantitative estimate of drug-likeness (QED) is 0.235. The van der Waals surface area contributed by atoms with Gasteiger partial charge < -0.3 is 34.2 Å². The van der Waals surface area contributed by atoms with E-state index in [1.165, 1.54) is 0 Å². The molecule has 5 bridgehead atoms. The van der Waals surface area contributed by atoms with Crippen LogP contribution in [-0.2, 0) is 28.7 Å². The van der Waals surface area contributed by atoms with Gasteiger partial charge in [-0.1, -0.05) is 54.6 Å². The van der Waals surface area contributed by atoms with Crippen LogP contribution in [0, 0.1) is 11.8 Å². The Bertz CT molecular complexity index is 1640. The van der Waals surface area contributed by atoms with Crippen molar-refractivity contribution in [2.45, 2.75) is 76.3 Å². The average molecular weight is 699 g/mol. The summed E-state index contributed by atoms with van der Waals surface area (Å²) < 4.78 is 12.9. The highest BCUT2D eigenvalue weighted by Crippen LogP contribution is 2.56. The smallest absolute Gasteiger partial charge is 0.313 e. The van der Waals surface area contributed by atoms with Crippen molar-refractivity contribution in [1.82, 2.24) is 9.80 Å². The maximum absolute atomic E-state index is 15.0. The fourth-order valence-corrected chi connectivity index (χ4v) is 8.16. The number of cyclic esters (lactones) is 1. The van der Waals surface area contributed by atoms with Crippen molar-refractivity contribution in [3.8, 4) is 0 Å². The first kappa shape index (κ1) is 36.3. The van der Waals surface area contributed by atoms with Gasteiger partial charge in [-0.3, -0.25) is 19.2 Å². The summed E-state index contributed by atoms with van der Waals surface area (Å²) in [5.41, 5.74) is 1.04. The van der Waals surface area contributed by atoms with Crippen LogP contribution in [-0.4, -0.2) is 102 Å². The summed E-state index contributed by atoms with van der Waals surface area (Å²) in [5.74, 6) is -3.35. The summed E-state index contributed by atoms with van der Waals surface area (Å²) in [7, 11) is 1.71. The lowest BCUT2D eigenvalue weighted by atomic mass is 9.74. The molecule has 7 atom stereocenters. The van der Waals surface area contributed by atoms with Crippen LogP contribution < -0.4 is 9.80 Å². The van der Waals surface area contributed by atoms with Gasteiger partial charge in [-0.2, -0.15) is 0 Å². The Morgan fingerprint density at radius 1 is 0.941 bits per heavy atom. The monoisotopic (exact) mass is 698 g/mol. The number of hydrogen-bond acceptors (Lipinski definition) is 8. The van der Waals surface area contributed by atoms with Gasteiger partial charge in [0.25, 0.3) is 5.91 Å². The molecule has 4 aliphatic heterocycles. The summed E-state index contributed by atoms with van der Waals surface area (Å²) in [4.78, 5) is 64.4. The fourth-order valence-electron chi connectivity index (χ4n) is 8.16. The number of aliphatic hydroxyl groups excluding tert-OH is 1. The fraction of sp³-hybridized carbons (Fsp3) is 0.500. The molecule has 6 rings (SSSR count). The van der Waals surface area contributed by atoms with E-state index in [-0.39, 0.29) is 43.8 Å². The number of likely N-dealkylation sites (tertiary alicyclic amines) is 1.